The summed E-state index contributed by atoms with van der Waals surface area (Å²) in [6.07, 6.45) is 8.86. The van der Waals surface area contributed by atoms with Gasteiger partial charge in [-0.15, -0.1) is 0 Å². The maximum atomic E-state index is 11.2. The average Bonchev–Trinajstić information content (AvgIpc) is 3.09. The van der Waals surface area contributed by atoms with Crippen LogP contribution >= 0.6 is 0 Å². The summed E-state index contributed by atoms with van der Waals surface area (Å²) in [5.74, 6) is 2.47. The van der Waals surface area contributed by atoms with Crippen LogP contribution in [0.5, 0.6) is 0 Å². The number of carbonyl (C=O) groups excluding carboxylic acids is 1. The number of hydrogen-bond donors (Lipinski definition) is 0. The van der Waals surface area contributed by atoms with Gasteiger partial charge in [-0.2, -0.15) is 0 Å². The minimum atomic E-state index is -0.0489. The first kappa shape index (κ1) is 13.9. The van der Waals surface area contributed by atoms with Crippen LogP contribution in [0.3, 0.4) is 0 Å². The number of ether oxygens (including phenoxy) is 1. The quantitative estimate of drug-likeness (QED) is 0.686. The first-order valence-electron chi connectivity index (χ1n) is 7.72. The molecule has 2 saturated carbocycles. The molecule has 2 rings (SSSR count). The van der Waals surface area contributed by atoms with Gasteiger partial charge in [-0.3, -0.25) is 4.79 Å². The van der Waals surface area contributed by atoms with Crippen LogP contribution in [0.15, 0.2) is 0 Å². The van der Waals surface area contributed by atoms with Gasteiger partial charge in [0.25, 0.3) is 0 Å². The predicted octanol–water partition coefficient (Wildman–Crippen LogP) is 4.18. The highest BCUT2D eigenvalue weighted by atomic mass is 16.5. The Balaban J connectivity index is 1.79. The fourth-order valence-electron chi connectivity index (χ4n) is 3.77. The predicted molar refractivity (Wildman–Crippen MR) is 73.2 cm³/mol. The van der Waals surface area contributed by atoms with Crippen LogP contribution in [0.1, 0.15) is 65.7 Å². The normalized spacial score (nSPS) is 34.1. The van der Waals surface area contributed by atoms with Crippen molar-refractivity contribution in [1.29, 1.82) is 0 Å². The van der Waals surface area contributed by atoms with Crippen LogP contribution in [-0.2, 0) is 9.53 Å². The summed E-state index contributed by atoms with van der Waals surface area (Å²) in [5.41, 5.74) is 0.279. The molecule has 0 unspecified atom stereocenters. The molecule has 0 heterocycles. The third-order valence-corrected chi connectivity index (χ3v) is 5.30. The zero-order valence-corrected chi connectivity index (χ0v) is 12.2. The molecule has 0 bridgehead atoms. The summed E-state index contributed by atoms with van der Waals surface area (Å²) in [5, 5.41) is 0. The molecule has 0 aromatic rings. The molecular formula is C16H28O2. The fraction of sp³-hybridized carbons (Fsp3) is 0.938. The van der Waals surface area contributed by atoms with E-state index >= 15 is 0 Å². The van der Waals surface area contributed by atoms with Crippen molar-refractivity contribution in [1.82, 2.24) is 0 Å². The molecule has 0 saturated heterocycles. The number of esters is 1. The highest BCUT2D eigenvalue weighted by Gasteiger charge is 2.54. The average molecular weight is 252 g/mol. The van der Waals surface area contributed by atoms with Crippen molar-refractivity contribution >= 4 is 5.97 Å². The topological polar surface area (TPSA) is 26.3 Å². The molecule has 0 N–H and O–H groups in total. The third-order valence-electron chi connectivity index (χ3n) is 5.30. The molecular weight excluding hydrogens is 224 g/mol. The molecule has 0 aliphatic heterocycles. The fourth-order valence-corrected chi connectivity index (χ4v) is 3.77. The minimum absolute atomic E-state index is 0.0489. The van der Waals surface area contributed by atoms with E-state index in [-0.39, 0.29) is 11.4 Å². The molecule has 2 aliphatic carbocycles. The maximum absolute atomic E-state index is 11.2. The monoisotopic (exact) mass is 252 g/mol. The lowest BCUT2D eigenvalue weighted by Crippen LogP contribution is -2.21. The van der Waals surface area contributed by atoms with E-state index in [0.29, 0.717) is 13.0 Å². The molecule has 0 aromatic heterocycles. The first-order chi connectivity index (χ1) is 8.57. The Bertz CT molecular complexity index is 293. The van der Waals surface area contributed by atoms with E-state index < -0.39 is 0 Å². The summed E-state index contributed by atoms with van der Waals surface area (Å²) in [4.78, 5) is 11.2. The summed E-state index contributed by atoms with van der Waals surface area (Å²) in [6.45, 7) is 7.22. The molecule has 104 valence electrons. The second-order valence-electron chi connectivity index (χ2n) is 6.74. The standard InChI is InChI=1S/C16H28O2/c1-4-15(17)18-11-16(3)10-14(16)12(2)13-8-6-5-7-9-13/h12-14H,4-11H2,1-3H3/t12-,14-,16-/m0/s1. The van der Waals surface area contributed by atoms with Gasteiger partial charge in [-0.1, -0.05) is 52.9 Å². The zero-order chi connectivity index (χ0) is 13.2. The Hall–Kier alpha value is -0.530. The highest BCUT2D eigenvalue weighted by molar-refractivity contribution is 5.68. The van der Waals surface area contributed by atoms with Crippen molar-refractivity contribution < 1.29 is 9.53 Å². The lowest BCUT2D eigenvalue weighted by Gasteiger charge is -2.29. The van der Waals surface area contributed by atoms with E-state index in [1.165, 1.54) is 38.5 Å². The maximum Gasteiger partial charge on any atom is 0.305 e. The largest absolute Gasteiger partial charge is 0.465 e. The van der Waals surface area contributed by atoms with Crippen molar-refractivity contribution in [2.45, 2.75) is 65.7 Å². The lowest BCUT2D eigenvalue weighted by molar-refractivity contribution is -0.145. The summed E-state index contributed by atoms with van der Waals surface area (Å²) in [6, 6.07) is 0. The second kappa shape index (κ2) is 5.63. The van der Waals surface area contributed by atoms with E-state index in [2.05, 4.69) is 13.8 Å². The van der Waals surface area contributed by atoms with Crippen LogP contribution in [0.4, 0.5) is 0 Å². The van der Waals surface area contributed by atoms with Gasteiger partial charge < -0.3 is 4.74 Å². The van der Waals surface area contributed by atoms with Crippen molar-refractivity contribution in [3.05, 3.63) is 0 Å². The van der Waals surface area contributed by atoms with Gasteiger partial charge in [0.1, 0.15) is 0 Å². The molecule has 18 heavy (non-hydrogen) atoms. The van der Waals surface area contributed by atoms with E-state index in [0.717, 1.165) is 17.8 Å². The van der Waals surface area contributed by atoms with Gasteiger partial charge in [-0.25, -0.2) is 0 Å². The highest BCUT2D eigenvalue weighted by Crippen LogP contribution is 2.59. The van der Waals surface area contributed by atoms with Gasteiger partial charge in [0, 0.05) is 11.8 Å². The van der Waals surface area contributed by atoms with Crippen molar-refractivity contribution in [3.63, 3.8) is 0 Å². The summed E-state index contributed by atoms with van der Waals surface area (Å²) < 4.78 is 5.35. The Morgan fingerprint density at radius 1 is 1.33 bits per heavy atom. The van der Waals surface area contributed by atoms with E-state index in [1.807, 2.05) is 6.92 Å². The molecule has 0 spiro atoms. The van der Waals surface area contributed by atoms with Gasteiger partial charge in [0.05, 0.1) is 6.61 Å². The summed E-state index contributed by atoms with van der Waals surface area (Å²) in [7, 11) is 0. The molecule has 2 fully saturated rings. The second-order valence-corrected chi connectivity index (χ2v) is 6.74. The van der Waals surface area contributed by atoms with E-state index in [4.69, 9.17) is 4.74 Å². The molecule has 2 aliphatic rings. The van der Waals surface area contributed by atoms with Crippen molar-refractivity contribution in [2.75, 3.05) is 6.61 Å². The first-order valence-corrected chi connectivity index (χ1v) is 7.72. The Morgan fingerprint density at radius 2 is 2.00 bits per heavy atom. The van der Waals surface area contributed by atoms with Crippen molar-refractivity contribution in [3.8, 4) is 0 Å². The Kier molecular flexibility index (Phi) is 4.34. The smallest absolute Gasteiger partial charge is 0.305 e. The SMILES string of the molecule is CCC(=O)OC[C@]1(C)C[C@H]1[C@@H](C)C1CCCCC1. The van der Waals surface area contributed by atoms with Gasteiger partial charge in [0.15, 0.2) is 0 Å². The van der Waals surface area contributed by atoms with Crippen LogP contribution < -0.4 is 0 Å². The zero-order valence-electron chi connectivity index (χ0n) is 12.2. The molecule has 0 amide bonds. The molecule has 0 radical (unpaired) electrons. The van der Waals surface area contributed by atoms with Crippen LogP contribution in [0.25, 0.3) is 0 Å². The summed E-state index contributed by atoms with van der Waals surface area (Å²) >= 11 is 0. The van der Waals surface area contributed by atoms with Crippen molar-refractivity contribution in [2.24, 2.45) is 23.2 Å². The van der Waals surface area contributed by atoms with Gasteiger partial charge in [0.2, 0.25) is 0 Å². The van der Waals surface area contributed by atoms with E-state index in [1.54, 1.807) is 0 Å². The third kappa shape index (κ3) is 3.07. The number of carbonyl (C=O) groups is 1. The van der Waals surface area contributed by atoms with E-state index in [9.17, 15) is 4.79 Å². The molecule has 3 atom stereocenters. The number of rotatable bonds is 5. The number of hydrogen-bond acceptors (Lipinski definition) is 2. The minimum Gasteiger partial charge on any atom is -0.465 e. The molecule has 2 heteroatoms. The lowest BCUT2D eigenvalue weighted by atomic mass is 9.77. The van der Waals surface area contributed by atoms with Gasteiger partial charge in [-0.05, 0) is 24.2 Å². The van der Waals surface area contributed by atoms with Crippen LogP contribution in [0, 0.1) is 23.2 Å². The molecule has 0 aromatic carbocycles. The Labute approximate surface area is 111 Å². The van der Waals surface area contributed by atoms with Crippen LogP contribution in [-0.4, -0.2) is 12.6 Å². The Morgan fingerprint density at radius 3 is 2.61 bits per heavy atom. The van der Waals surface area contributed by atoms with Crippen LogP contribution in [0.2, 0.25) is 0 Å². The molecule has 2 nitrogen and oxygen atoms in total. The van der Waals surface area contributed by atoms with Gasteiger partial charge >= 0.3 is 5.97 Å².